The van der Waals surface area contributed by atoms with Crippen molar-refractivity contribution < 1.29 is 0 Å². The van der Waals surface area contributed by atoms with Gasteiger partial charge in [-0.25, -0.2) is 4.98 Å². The summed E-state index contributed by atoms with van der Waals surface area (Å²) in [6, 6.07) is 5.44. The lowest BCUT2D eigenvalue weighted by Gasteiger charge is -2.39. The zero-order valence-corrected chi connectivity index (χ0v) is 13.4. The maximum Gasteiger partial charge on any atom is 0.130 e. The summed E-state index contributed by atoms with van der Waals surface area (Å²) in [7, 11) is 0. The largest absolute Gasteiger partial charge is 0.370 e. The van der Waals surface area contributed by atoms with E-state index in [0.29, 0.717) is 18.0 Å². The van der Waals surface area contributed by atoms with Crippen molar-refractivity contribution in [1.29, 1.82) is 0 Å². The second-order valence-electron chi connectivity index (χ2n) is 6.56. The smallest absolute Gasteiger partial charge is 0.130 e. The molecular formula is C17H29N3. The molecule has 0 radical (unpaired) electrons. The van der Waals surface area contributed by atoms with Gasteiger partial charge in [-0.05, 0) is 45.2 Å². The van der Waals surface area contributed by atoms with Crippen LogP contribution in [0.5, 0.6) is 0 Å². The first kappa shape index (κ1) is 15.3. The average Bonchev–Trinajstić information content (AvgIpc) is 2.45. The Balaban J connectivity index is 2.21. The maximum atomic E-state index is 4.58. The van der Waals surface area contributed by atoms with E-state index < -0.39 is 0 Å². The molecule has 1 aliphatic rings. The lowest BCUT2D eigenvalue weighted by Crippen LogP contribution is -2.38. The van der Waals surface area contributed by atoms with E-state index in [9.17, 15) is 0 Å². The number of rotatable bonds is 5. The van der Waals surface area contributed by atoms with Crippen molar-refractivity contribution in [2.24, 2.45) is 5.92 Å². The quantitative estimate of drug-likeness (QED) is 0.877. The van der Waals surface area contributed by atoms with E-state index >= 15 is 0 Å². The van der Waals surface area contributed by atoms with Gasteiger partial charge in [-0.1, -0.05) is 26.3 Å². The van der Waals surface area contributed by atoms with E-state index in [0.717, 1.165) is 12.4 Å². The molecule has 1 saturated heterocycles. The number of likely N-dealkylation sites (tertiary alicyclic amines) is 1. The topological polar surface area (TPSA) is 28.2 Å². The van der Waals surface area contributed by atoms with E-state index in [4.69, 9.17) is 0 Å². The number of nitrogens with one attached hydrogen (secondary N) is 1. The molecule has 0 aliphatic carbocycles. The van der Waals surface area contributed by atoms with Crippen LogP contribution in [0.4, 0.5) is 5.82 Å². The summed E-state index contributed by atoms with van der Waals surface area (Å²) in [5.41, 5.74) is 1.38. The van der Waals surface area contributed by atoms with E-state index in [1.165, 1.54) is 31.4 Å². The van der Waals surface area contributed by atoms with Gasteiger partial charge in [-0.2, -0.15) is 0 Å². The second-order valence-corrected chi connectivity index (χ2v) is 6.56. The number of pyridine rings is 1. The van der Waals surface area contributed by atoms with Gasteiger partial charge < -0.3 is 5.32 Å². The summed E-state index contributed by atoms with van der Waals surface area (Å²) in [6.07, 6.45) is 5.80. The van der Waals surface area contributed by atoms with Crippen molar-refractivity contribution in [2.75, 3.05) is 18.4 Å². The van der Waals surface area contributed by atoms with Crippen LogP contribution in [0.2, 0.25) is 0 Å². The van der Waals surface area contributed by atoms with Crippen molar-refractivity contribution in [3.8, 4) is 0 Å². The zero-order chi connectivity index (χ0) is 14.5. The molecule has 0 spiro atoms. The summed E-state index contributed by atoms with van der Waals surface area (Å²) in [4.78, 5) is 7.21. The van der Waals surface area contributed by atoms with Gasteiger partial charge in [0.1, 0.15) is 5.82 Å². The Morgan fingerprint density at radius 3 is 2.80 bits per heavy atom. The molecular weight excluding hydrogens is 246 g/mol. The fourth-order valence-corrected chi connectivity index (χ4v) is 3.04. The van der Waals surface area contributed by atoms with E-state index in [-0.39, 0.29) is 0 Å². The van der Waals surface area contributed by atoms with Crippen LogP contribution in [0.3, 0.4) is 0 Å². The molecule has 0 unspecified atom stereocenters. The van der Waals surface area contributed by atoms with Crippen LogP contribution in [0, 0.1) is 5.92 Å². The van der Waals surface area contributed by atoms with Crippen LogP contribution in [-0.4, -0.2) is 29.0 Å². The van der Waals surface area contributed by atoms with E-state index in [1.54, 1.807) is 0 Å². The second kappa shape index (κ2) is 7.07. The summed E-state index contributed by atoms with van der Waals surface area (Å²) in [5.74, 6) is 1.72. The summed E-state index contributed by atoms with van der Waals surface area (Å²) < 4.78 is 0. The number of hydrogen-bond donors (Lipinski definition) is 1. The fourth-order valence-electron chi connectivity index (χ4n) is 3.04. The standard InChI is InChI=1S/C17H29N3/c1-13(2)12-19-17-15(8-7-10-18-17)16-9-5-6-11-20(16)14(3)4/h7-8,10,13-14,16H,5-6,9,11-12H2,1-4H3,(H,18,19)/t16-/m0/s1. The van der Waals surface area contributed by atoms with Crippen LogP contribution < -0.4 is 5.32 Å². The Bertz CT molecular complexity index is 414. The van der Waals surface area contributed by atoms with E-state index in [2.05, 4.69) is 55.0 Å². The van der Waals surface area contributed by atoms with E-state index in [1.807, 2.05) is 6.20 Å². The van der Waals surface area contributed by atoms with Gasteiger partial charge in [-0.15, -0.1) is 0 Å². The highest BCUT2D eigenvalue weighted by atomic mass is 15.2. The van der Waals surface area contributed by atoms with Crippen molar-refractivity contribution in [3.05, 3.63) is 23.9 Å². The van der Waals surface area contributed by atoms with Crippen molar-refractivity contribution in [3.63, 3.8) is 0 Å². The summed E-state index contributed by atoms with van der Waals surface area (Å²) in [5, 5.41) is 3.53. The molecule has 1 fully saturated rings. The van der Waals surface area contributed by atoms with Crippen LogP contribution >= 0.6 is 0 Å². The third-order valence-electron chi connectivity index (χ3n) is 4.08. The molecule has 1 atom stereocenters. The molecule has 2 rings (SSSR count). The summed E-state index contributed by atoms with van der Waals surface area (Å²) in [6.45, 7) is 11.3. The van der Waals surface area contributed by atoms with Crippen LogP contribution in [0.15, 0.2) is 18.3 Å². The first-order valence-electron chi connectivity index (χ1n) is 8.04. The monoisotopic (exact) mass is 275 g/mol. The Labute approximate surface area is 123 Å². The summed E-state index contributed by atoms with van der Waals surface area (Å²) >= 11 is 0. The fraction of sp³-hybridized carbons (Fsp3) is 0.706. The van der Waals surface area contributed by atoms with Gasteiger partial charge >= 0.3 is 0 Å². The molecule has 0 saturated carbocycles. The highest BCUT2D eigenvalue weighted by Gasteiger charge is 2.27. The third-order valence-corrected chi connectivity index (χ3v) is 4.08. The molecule has 0 bridgehead atoms. The Hall–Kier alpha value is -1.09. The number of anilines is 1. The number of hydrogen-bond acceptors (Lipinski definition) is 3. The minimum Gasteiger partial charge on any atom is -0.370 e. The normalized spacial score (nSPS) is 20.6. The first-order valence-corrected chi connectivity index (χ1v) is 8.04. The minimum absolute atomic E-state index is 0.520. The van der Waals surface area contributed by atoms with Gasteiger partial charge in [0.05, 0.1) is 0 Å². The molecule has 1 aliphatic heterocycles. The zero-order valence-electron chi connectivity index (χ0n) is 13.4. The molecule has 0 aromatic carbocycles. The number of piperidine rings is 1. The molecule has 1 aromatic rings. The van der Waals surface area contributed by atoms with Crippen molar-refractivity contribution in [1.82, 2.24) is 9.88 Å². The highest BCUT2D eigenvalue weighted by molar-refractivity contribution is 5.46. The molecule has 3 heteroatoms. The predicted molar refractivity (Wildman–Crippen MR) is 86.0 cm³/mol. The molecule has 0 amide bonds. The molecule has 112 valence electrons. The average molecular weight is 275 g/mol. The van der Waals surface area contributed by atoms with Gasteiger partial charge in [0.15, 0.2) is 0 Å². The van der Waals surface area contributed by atoms with Gasteiger partial charge in [0.25, 0.3) is 0 Å². The highest BCUT2D eigenvalue weighted by Crippen LogP contribution is 2.35. The van der Waals surface area contributed by atoms with Crippen LogP contribution in [0.1, 0.15) is 58.6 Å². The predicted octanol–water partition coefficient (Wildman–Crippen LogP) is 4.08. The number of nitrogens with zero attached hydrogens (tertiary/aromatic N) is 2. The SMILES string of the molecule is CC(C)CNc1ncccc1[C@@H]1CCCCN1C(C)C. The van der Waals surface area contributed by atoms with Gasteiger partial charge in [0.2, 0.25) is 0 Å². The first-order chi connectivity index (χ1) is 9.59. The van der Waals surface area contributed by atoms with Crippen molar-refractivity contribution in [2.45, 2.75) is 59.0 Å². The van der Waals surface area contributed by atoms with Crippen molar-refractivity contribution >= 4 is 5.82 Å². The van der Waals surface area contributed by atoms with Crippen LogP contribution in [-0.2, 0) is 0 Å². The lowest BCUT2D eigenvalue weighted by molar-refractivity contribution is 0.112. The Kier molecular flexibility index (Phi) is 5.41. The van der Waals surface area contributed by atoms with Crippen LogP contribution in [0.25, 0.3) is 0 Å². The maximum absolute atomic E-state index is 4.58. The third kappa shape index (κ3) is 3.72. The Morgan fingerprint density at radius 2 is 2.10 bits per heavy atom. The molecule has 3 nitrogen and oxygen atoms in total. The molecule has 20 heavy (non-hydrogen) atoms. The molecule has 2 heterocycles. The minimum atomic E-state index is 0.520. The number of aromatic nitrogens is 1. The van der Waals surface area contributed by atoms with Gasteiger partial charge in [0, 0.05) is 30.4 Å². The lowest BCUT2D eigenvalue weighted by atomic mass is 9.94. The molecule has 1 aromatic heterocycles. The molecule has 1 N–H and O–H groups in total. The van der Waals surface area contributed by atoms with Gasteiger partial charge in [-0.3, -0.25) is 4.90 Å². The Morgan fingerprint density at radius 1 is 1.30 bits per heavy atom.